The highest BCUT2D eigenvalue weighted by molar-refractivity contribution is 6.06. The molecular formula is C12H13N3O4. The van der Waals surface area contributed by atoms with Crippen LogP contribution in [0.1, 0.15) is 16.1 Å². The van der Waals surface area contributed by atoms with Gasteiger partial charge in [-0.2, -0.15) is 0 Å². The lowest BCUT2D eigenvalue weighted by molar-refractivity contribution is 0.0303. The first-order valence-corrected chi connectivity index (χ1v) is 6.02. The third-order valence-corrected chi connectivity index (χ3v) is 3.18. The molecule has 1 saturated heterocycles. The lowest BCUT2D eigenvalue weighted by Gasteiger charge is -2.26. The second-order valence-corrected chi connectivity index (χ2v) is 4.35. The van der Waals surface area contributed by atoms with E-state index in [1.807, 2.05) is 0 Å². The van der Waals surface area contributed by atoms with Crippen molar-refractivity contribution in [2.24, 2.45) is 0 Å². The van der Waals surface area contributed by atoms with Crippen molar-refractivity contribution in [1.82, 2.24) is 14.9 Å². The molecule has 0 radical (unpaired) electrons. The van der Waals surface area contributed by atoms with Gasteiger partial charge in [0, 0.05) is 13.1 Å². The van der Waals surface area contributed by atoms with Gasteiger partial charge in [0.15, 0.2) is 0 Å². The summed E-state index contributed by atoms with van der Waals surface area (Å²) in [5.74, 6) is 0.203. The van der Waals surface area contributed by atoms with E-state index in [0.717, 1.165) is 0 Å². The van der Waals surface area contributed by atoms with E-state index in [2.05, 4.69) is 9.97 Å². The van der Waals surface area contributed by atoms with Crippen molar-refractivity contribution < 1.29 is 13.9 Å². The molecule has 19 heavy (non-hydrogen) atoms. The Morgan fingerprint density at radius 3 is 2.89 bits per heavy atom. The maximum absolute atomic E-state index is 12.5. The Bertz CT molecular complexity index is 682. The minimum atomic E-state index is -0.363. The number of aryl methyl sites for hydroxylation is 1. The van der Waals surface area contributed by atoms with E-state index in [0.29, 0.717) is 37.6 Å². The van der Waals surface area contributed by atoms with Crippen molar-refractivity contribution in [3.8, 4) is 0 Å². The number of aromatic nitrogens is 2. The predicted molar refractivity (Wildman–Crippen MR) is 66.1 cm³/mol. The first-order chi connectivity index (χ1) is 9.18. The molecule has 1 N–H and O–H groups in total. The fraction of sp³-hybridized carbons (Fsp3) is 0.417. The van der Waals surface area contributed by atoms with Gasteiger partial charge in [0.2, 0.25) is 5.71 Å². The Morgan fingerprint density at radius 2 is 2.16 bits per heavy atom. The maximum Gasteiger partial charge on any atom is 0.262 e. The molecule has 100 valence electrons. The van der Waals surface area contributed by atoms with Gasteiger partial charge in [-0.3, -0.25) is 9.59 Å². The predicted octanol–water partition coefficient (Wildman–Crippen LogP) is 0.297. The number of H-pyrrole nitrogens is 1. The number of ether oxygens (including phenoxy) is 1. The Hall–Kier alpha value is -2.15. The standard InChI is InChI=1S/C12H13N3O4/c1-7-8(12(17)15-2-4-18-5-3-15)9-10(16)13-6-14-11(9)19-7/h6H,2-5H2,1H3,(H,13,14,16). The first kappa shape index (κ1) is 11.9. The van der Waals surface area contributed by atoms with Gasteiger partial charge in [0.1, 0.15) is 11.1 Å². The average Bonchev–Trinajstić information content (AvgIpc) is 2.76. The number of hydrogen-bond donors (Lipinski definition) is 1. The number of furan rings is 1. The molecule has 2 aromatic rings. The van der Waals surface area contributed by atoms with Crippen LogP contribution in [0.15, 0.2) is 15.5 Å². The van der Waals surface area contributed by atoms with Crippen molar-refractivity contribution in [3.63, 3.8) is 0 Å². The number of hydrogen-bond acceptors (Lipinski definition) is 5. The van der Waals surface area contributed by atoms with Crippen molar-refractivity contribution >= 4 is 17.0 Å². The number of nitrogens with zero attached hydrogens (tertiary/aromatic N) is 2. The van der Waals surface area contributed by atoms with E-state index in [1.165, 1.54) is 6.33 Å². The van der Waals surface area contributed by atoms with Crippen molar-refractivity contribution in [3.05, 3.63) is 28.0 Å². The van der Waals surface area contributed by atoms with Gasteiger partial charge in [-0.05, 0) is 6.92 Å². The van der Waals surface area contributed by atoms with E-state index in [-0.39, 0.29) is 22.6 Å². The lowest BCUT2D eigenvalue weighted by atomic mass is 10.1. The first-order valence-electron chi connectivity index (χ1n) is 6.02. The Kier molecular flexibility index (Phi) is 2.83. The van der Waals surface area contributed by atoms with Crippen LogP contribution >= 0.6 is 0 Å². The molecule has 3 rings (SSSR count). The van der Waals surface area contributed by atoms with Crippen LogP contribution in [0.25, 0.3) is 11.1 Å². The van der Waals surface area contributed by atoms with Crippen molar-refractivity contribution in [2.75, 3.05) is 26.3 Å². The summed E-state index contributed by atoms with van der Waals surface area (Å²) < 4.78 is 10.6. The van der Waals surface area contributed by atoms with Crippen LogP contribution in [0.5, 0.6) is 0 Å². The SMILES string of the molecule is Cc1oc2nc[nH]c(=O)c2c1C(=O)N1CCOCC1. The fourth-order valence-corrected chi connectivity index (χ4v) is 2.24. The Morgan fingerprint density at radius 1 is 1.42 bits per heavy atom. The molecule has 7 heteroatoms. The minimum absolute atomic E-state index is 0.192. The number of carbonyl (C=O) groups excluding carboxylic acids is 1. The zero-order chi connectivity index (χ0) is 13.4. The molecule has 1 aliphatic heterocycles. The molecule has 0 unspecified atom stereocenters. The van der Waals surface area contributed by atoms with Crippen LogP contribution in [0.4, 0.5) is 0 Å². The molecule has 1 fully saturated rings. The summed E-state index contributed by atoms with van der Waals surface area (Å²) >= 11 is 0. The molecule has 0 bridgehead atoms. The van der Waals surface area contributed by atoms with Crippen LogP contribution in [0.3, 0.4) is 0 Å². The lowest BCUT2D eigenvalue weighted by Crippen LogP contribution is -2.41. The highest BCUT2D eigenvalue weighted by atomic mass is 16.5. The van der Waals surface area contributed by atoms with Crippen LogP contribution < -0.4 is 5.56 Å². The van der Waals surface area contributed by atoms with Gasteiger partial charge in [-0.15, -0.1) is 0 Å². The van der Waals surface area contributed by atoms with Crippen LogP contribution in [-0.4, -0.2) is 47.1 Å². The summed E-state index contributed by atoms with van der Waals surface area (Å²) in [6, 6.07) is 0. The number of morpholine rings is 1. The van der Waals surface area contributed by atoms with Gasteiger partial charge >= 0.3 is 0 Å². The molecule has 1 aliphatic rings. The fourth-order valence-electron chi connectivity index (χ4n) is 2.24. The maximum atomic E-state index is 12.5. The monoisotopic (exact) mass is 263 g/mol. The molecule has 0 atom stereocenters. The average molecular weight is 263 g/mol. The van der Waals surface area contributed by atoms with Crippen molar-refractivity contribution in [2.45, 2.75) is 6.92 Å². The largest absolute Gasteiger partial charge is 0.442 e. The number of nitrogens with one attached hydrogen (secondary N) is 1. The van der Waals surface area contributed by atoms with Crippen LogP contribution in [0.2, 0.25) is 0 Å². The second-order valence-electron chi connectivity index (χ2n) is 4.35. The van der Waals surface area contributed by atoms with E-state index in [4.69, 9.17) is 9.15 Å². The van der Waals surface area contributed by atoms with Crippen LogP contribution in [-0.2, 0) is 4.74 Å². The minimum Gasteiger partial charge on any atom is -0.442 e. The highest BCUT2D eigenvalue weighted by Crippen LogP contribution is 2.22. The van der Waals surface area contributed by atoms with E-state index in [9.17, 15) is 9.59 Å². The molecule has 7 nitrogen and oxygen atoms in total. The molecule has 2 aromatic heterocycles. The van der Waals surface area contributed by atoms with E-state index < -0.39 is 0 Å². The normalized spacial score (nSPS) is 15.9. The number of amides is 1. The van der Waals surface area contributed by atoms with Gasteiger partial charge in [0.25, 0.3) is 11.5 Å². The molecule has 0 spiro atoms. The summed E-state index contributed by atoms with van der Waals surface area (Å²) in [6.45, 7) is 3.71. The molecule has 0 saturated carbocycles. The molecule has 3 heterocycles. The van der Waals surface area contributed by atoms with Gasteiger partial charge in [0.05, 0.1) is 25.1 Å². The Labute approximate surface area is 108 Å². The van der Waals surface area contributed by atoms with E-state index in [1.54, 1.807) is 11.8 Å². The molecule has 0 aromatic carbocycles. The number of aromatic amines is 1. The van der Waals surface area contributed by atoms with Crippen LogP contribution in [0, 0.1) is 6.92 Å². The third-order valence-electron chi connectivity index (χ3n) is 3.18. The summed E-state index contributed by atoms with van der Waals surface area (Å²) in [6.07, 6.45) is 1.26. The number of rotatable bonds is 1. The molecule has 0 aliphatic carbocycles. The van der Waals surface area contributed by atoms with Crippen molar-refractivity contribution in [1.29, 1.82) is 0 Å². The topological polar surface area (TPSA) is 88.4 Å². The number of carbonyl (C=O) groups is 1. The Balaban J connectivity index is 2.11. The summed E-state index contributed by atoms with van der Waals surface area (Å²) in [7, 11) is 0. The zero-order valence-electron chi connectivity index (χ0n) is 10.4. The quantitative estimate of drug-likeness (QED) is 0.799. The van der Waals surface area contributed by atoms with Gasteiger partial charge in [-0.1, -0.05) is 0 Å². The van der Waals surface area contributed by atoms with Gasteiger partial charge in [-0.25, -0.2) is 4.98 Å². The number of fused-ring (bicyclic) bond motifs is 1. The van der Waals surface area contributed by atoms with E-state index >= 15 is 0 Å². The summed E-state index contributed by atoms with van der Waals surface area (Å²) in [5.41, 5.74) is 0.127. The third kappa shape index (κ3) is 1.91. The second kappa shape index (κ2) is 4.51. The molecular weight excluding hydrogens is 250 g/mol. The zero-order valence-corrected chi connectivity index (χ0v) is 10.4. The summed E-state index contributed by atoms with van der Waals surface area (Å²) in [4.78, 5) is 32.4. The highest BCUT2D eigenvalue weighted by Gasteiger charge is 2.26. The molecule has 1 amide bonds. The van der Waals surface area contributed by atoms with Gasteiger partial charge < -0.3 is 19.0 Å². The smallest absolute Gasteiger partial charge is 0.262 e. The summed E-state index contributed by atoms with van der Waals surface area (Å²) in [5, 5.41) is 0.219.